The Morgan fingerprint density at radius 2 is 1.95 bits per heavy atom. The van der Waals surface area contributed by atoms with E-state index in [1.807, 2.05) is 42.8 Å². The molecule has 0 aliphatic rings. The number of aryl methyl sites for hydroxylation is 2. The van der Waals surface area contributed by atoms with Gasteiger partial charge in [-0.1, -0.05) is 25.5 Å². The molecule has 0 saturated carbocycles. The lowest BCUT2D eigenvalue weighted by Crippen LogP contribution is -2.32. The van der Waals surface area contributed by atoms with E-state index in [0.717, 1.165) is 36.3 Å². The number of rotatable bonds is 6. The topological polar surface area (TPSA) is 46.9 Å². The van der Waals surface area contributed by atoms with E-state index in [0.29, 0.717) is 5.56 Å². The van der Waals surface area contributed by atoms with Crippen molar-refractivity contribution < 1.29 is 4.79 Å². The molecule has 1 unspecified atom stereocenters. The van der Waals surface area contributed by atoms with E-state index in [4.69, 9.17) is 0 Å². The van der Waals surface area contributed by atoms with Crippen LogP contribution in [0.4, 0.5) is 0 Å². The van der Waals surface area contributed by atoms with Gasteiger partial charge in [0, 0.05) is 17.3 Å². The number of hydrogen-bond donors (Lipinski definition) is 1. The third kappa shape index (κ3) is 4.20. The summed E-state index contributed by atoms with van der Waals surface area (Å²) in [5.41, 5.74) is 4.02. The Bertz CT molecular complexity index is 628. The lowest BCUT2D eigenvalue weighted by molar-refractivity contribution is 0.0938. The minimum absolute atomic E-state index is 0.00128. The zero-order valence-corrected chi connectivity index (χ0v) is 13.9. The second-order valence-corrected chi connectivity index (χ2v) is 5.94. The summed E-state index contributed by atoms with van der Waals surface area (Å²) in [6, 6.07) is 10.0. The van der Waals surface area contributed by atoms with E-state index in [2.05, 4.69) is 30.3 Å². The van der Waals surface area contributed by atoms with Gasteiger partial charge in [-0.3, -0.25) is 9.48 Å². The van der Waals surface area contributed by atoms with Gasteiger partial charge in [-0.25, -0.2) is 0 Å². The Morgan fingerprint density at radius 3 is 2.50 bits per heavy atom. The molecule has 1 amide bonds. The molecule has 0 fully saturated rings. The van der Waals surface area contributed by atoms with Crippen molar-refractivity contribution in [1.29, 1.82) is 0 Å². The van der Waals surface area contributed by atoms with Gasteiger partial charge in [-0.2, -0.15) is 5.10 Å². The summed E-state index contributed by atoms with van der Waals surface area (Å²) in [4.78, 5) is 12.1. The molecule has 1 aromatic carbocycles. The molecule has 1 atom stereocenters. The third-order valence-corrected chi connectivity index (χ3v) is 3.75. The molecule has 0 saturated heterocycles. The molecule has 1 N–H and O–H groups in total. The molecular weight excluding hydrogens is 274 g/mol. The average Bonchev–Trinajstić information content (AvgIpc) is 2.77. The Balaban J connectivity index is 2.01. The first-order chi connectivity index (χ1) is 10.5. The molecule has 0 aliphatic heterocycles. The molecular formula is C18H25N3O. The first kappa shape index (κ1) is 16.3. The number of carbonyl (C=O) groups is 1. The standard InChI is InChI=1S/C18H25N3O/c1-5-6-13(2)19-18(22)17-9-7-16(8-10-17)12-21-15(4)11-14(3)20-21/h7-11,13H,5-6,12H2,1-4H3,(H,19,22). The predicted molar refractivity (Wildman–Crippen MR) is 89.1 cm³/mol. The van der Waals surface area contributed by atoms with E-state index >= 15 is 0 Å². The van der Waals surface area contributed by atoms with E-state index in [-0.39, 0.29) is 11.9 Å². The Hall–Kier alpha value is -2.10. The highest BCUT2D eigenvalue weighted by molar-refractivity contribution is 5.94. The summed E-state index contributed by atoms with van der Waals surface area (Å²) in [7, 11) is 0. The third-order valence-electron chi connectivity index (χ3n) is 3.75. The molecule has 0 aliphatic carbocycles. The molecule has 0 bridgehead atoms. The van der Waals surface area contributed by atoms with Crippen LogP contribution in [0.25, 0.3) is 0 Å². The van der Waals surface area contributed by atoms with Crippen molar-refractivity contribution in [1.82, 2.24) is 15.1 Å². The summed E-state index contributed by atoms with van der Waals surface area (Å²) in [5, 5.41) is 7.48. The zero-order chi connectivity index (χ0) is 16.1. The molecule has 0 spiro atoms. The van der Waals surface area contributed by atoms with Crippen molar-refractivity contribution in [3.8, 4) is 0 Å². The van der Waals surface area contributed by atoms with Gasteiger partial charge >= 0.3 is 0 Å². The molecule has 1 heterocycles. The average molecular weight is 299 g/mol. The summed E-state index contributed by atoms with van der Waals surface area (Å²) < 4.78 is 1.98. The van der Waals surface area contributed by atoms with Gasteiger partial charge in [-0.05, 0) is 51.0 Å². The number of aromatic nitrogens is 2. The first-order valence-electron chi connectivity index (χ1n) is 7.90. The quantitative estimate of drug-likeness (QED) is 0.888. The summed E-state index contributed by atoms with van der Waals surface area (Å²) in [6.45, 7) is 8.94. The van der Waals surface area contributed by atoms with Gasteiger partial charge in [0.05, 0.1) is 12.2 Å². The van der Waals surface area contributed by atoms with Crippen molar-refractivity contribution in [2.45, 2.75) is 53.1 Å². The van der Waals surface area contributed by atoms with Gasteiger partial charge in [0.1, 0.15) is 0 Å². The number of carbonyl (C=O) groups excluding carboxylic acids is 1. The maximum Gasteiger partial charge on any atom is 0.251 e. The van der Waals surface area contributed by atoms with Crippen LogP contribution in [0.2, 0.25) is 0 Å². The fraction of sp³-hybridized carbons (Fsp3) is 0.444. The van der Waals surface area contributed by atoms with Crippen LogP contribution >= 0.6 is 0 Å². The molecule has 2 aromatic rings. The normalized spacial score (nSPS) is 12.2. The Labute approximate surface area is 132 Å². The van der Waals surface area contributed by atoms with Crippen LogP contribution in [0, 0.1) is 13.8 Å². The summed E-state index contributed by atoms with van der Waals surface area (Å²) in [6.07, 6.45) is 2.07. The van der Waals surface area contributed by atoms with Crippen molar-refractivity contribution in [2.24, 2.45) is 0 Å². The van der Waals surface area contributed by atoms with Crippen LogP contribution in [0.3, 0.4) is 0 Å². The highest BCUT2D eigenvalue weighted by Crippen LogP contribution is 2.10. The maximum absolute atomic E-state index is 12.1. The monoisotopic (exact) mass is 299 g/mol. The number of benzene rings is 1. The lowest BCUT2D eigenvalue weighted by atomic mass is 10.1. The Kier molecular flexibility index (Phi) is 5.36. The van der Waals surface area contributed by atoms with Crippen molar-refractivity contribution in [2.75, 3.05) is 0 Å². The van der Waals surface area contributed by atoms with Crippen LogP contribution in [0.15, 0.2) is 30.3 Å². The van der Waals surface area contributed by atoms with E-state index < -0.39 is 0 Å². The van der Waals surface area contributed by atoms with Crippen LogP contribution in [0.1, 0.15) is 54.0 Å². The lowest BCUT2D eigenvalue weighted by Gasteiger charge is -2.13. The van der Waals surface area contributed by atoms with Gasteiger partial charge < -0.3 is 5.32 Å². The van der Waals surface area contributed by atoms with E-state index in [1.165, 1.54) is 0 Å². The summed E-state index contributed by atoms with van der Waals surface area (Å²) >= 11 is 0. The largest absolute Gasteiger partial charge is 0.350 e. The van der Waals surface area contributed by atoms with Crippen molar-refractivity contribution in [3.63, 3.8) is 0 Å². The summed E-state index contributed by atoms with van der Waals surface area (Å²) in [5.74, 6) is -0.00128. The van der Waals surface area contributed by atoms with Crippen LogP contribution in [0.5, 0.6) is 0 Å². The zero-order valence-electron chi connectivity index (χ0n) is 13.9. The number of hydrogen-bond acceptors (Lipinski definition) is 2. The van der Waals surface area contributed by atoms with Crippen LogP contribution < -0.4 is 5.32 Å². The number of nitrogens with zero attached hydrogens (tertiary/aromatic N) is 2. The molecule has 2 rings (SSSR count). The van der Waals surface area contributed by atoms with Gasteiger partial charge in [-0.15, -0.1) is 0 Å². The highest BCUT2D eigenvalue weighted by atomic mass is 16.1. The van der Waals surface area contributed by atoms with Gasteiger partial charge in [0.25, 0.3) is 5.91 Å². The SMILES string of the molecule is CCCC(C)NC(=O)c1ccc(Cn2nc(C)cc2C)cc1. The second-order valence-electron chi connectivity index (χ2n) is 5.94. The fourth-order valence-corrected chi connectivity index (χ4v) is 2.58. The molecule has 22 heavy (non-hydrogen) atoms. The van der Waals surface area contributed by atoms with Gasteiger partial charge in [0.15, 0.2) is 0 Å². The predicted octanol–water partition coefficient (Wildman–Crippen LogP) is 3.47. The molecule has 4 heteroatoms. The van der Waals surface area contributed by atoms with Crippen LogP contribution in [-0.4, -0.2) is 21.7 Å². The second kappa shape index (κ2) is 7.25. The molecule has 1 aromatic heterocycles. The molecule has 0 radical (unpaired) electrons. The minimum Gasteiger partial charge on any atom is -0.350 e. The fourth-order valence-electron chi connectivity index (χ4n) is 2.58. The maximum atomic E-state index is 12.1. The minimum atomic E-state index is -0.00128. The first-order valence-corrected chi connectivity index (χ1v) is 7.90. The highest BCUT2D eigenvalue weighted by Gasteiger charge is 2.09. The smallest absolute Gasteiger partial charge is 0.251 e. The van der Waals surface area contributed by atoms with E-state index in [1.54, 1.807) is 0 Å². The van der Waals surface area contributed by atoms with E-state index in [9.17, 15) is 4.79 Å². The van der Waals surface area contributed by atoms with Crippen LogP contribution in [-0.2, 0) is 6.54 Å². The number of amides is 1. The molecule has 4 nitrogen and oxygen atoms in total. The molecule has 118 valence electrons. The van der Waals surface area contributed by atoms with Gasteiger partial charge in [0.2, 0.25) is 0 Å². The number of nitrogens with one attached hydrogen (secondary N) is 1. The van der Waals surface area contributed by atoms with Crippen molar-refractivity contribution in [3.05, 3.63) is 52.8 Å². The Morgan fingerprint density at radius 1 is 1.27 bits per heavy atom. The van der Waals surface area contributed by atoms with Crippen molar-refractivity contribution >= 4 is 5.91 Å².